The second-order valence-corrected chi connectivity index (χ2v) is 16.4. The Morgan fingerprint density at radius 3 is 1.64 bits per heavy atom. The third-order valence-electron chi connectivity index (χ3n) is 5.02. The molecule has 0 aliphatic carbocycles. The predicted molar refractivity (Wildman–Crippen MR) is 101 cm³/mol. The SMILES string of the molecule is CC(C)(C)CC(C)(C(C)(C)C)C(C)(O)OCCC[Si](C)(C)C. The van der Waals surface area contributed by atoms with E-state index in [1.807, 2.05) is 6.92 Å². The topological polar surface area (TPSA) is 29.5 Å². The van der Waals surface area contributed by atoms with E-state index in [1.165, 1.54) is 6.04 Å². The fourth-order valence-electron chi connectivity index (χ4n) is 3.22. The van der Waals surface area contributed by atoms with Crippen molar-refractivity contribution in [3.8, 4) is 0 Å². The van der Waals surface area contributed by atoms with Gasteiger partial charge in [0.25, 0.3) is 0 Å². The minimum Gasteiger partial charge on any atom is -0.365 e. The molecule has 0 saturated heterocycles. The lowest BCUT2D eigenvalue weighted by atomic mass is 9.57. The van der Waals surface area contributed by atoms with Crippen LogP contribution in [0.1, 0.15) is 68.2 Å². The van der Waals surface area contributed by atoms with Gasteiger partial charge in [0.2, 0.25) is 0 Å². The van der Waals surface area contributed by atoms with E-state index in [4.69, 9.17) is 4.74 Å². The van der Waals surface area contributed by atoms with Crippen molar-refractivity contribution in [2.75, 3.05) is 6.61 Å². The summed E-state index contributed by atoms with van der Waals surface area (Å²) in [5.41, 5.74) is -0.201. The van der Waals surface area contributed by atoms with Gasteiger partial charge in [-0.25, -0.2) is 0 Å². The van der Waals surface area contributed by atoms with Gasteiger partial charge in [0.15, 0.2) is 5.79 Å². The Labute approximate surface area is 141 Å². The Kier molecular flexibility index (Phi) is 6.99. The second kappa shape index (κ2) is 6.94. The molecule has 0 heterocycles. The van der Waals surface area contributed by atoms with Crippen LogP contribution < -0.4 is 0 Å². The maximum Gasteiger partial charge on any atom is 0.168 e. The third-order valence-corrected chi connectivity index (χ3v) is 6.87. The first-order valence-electron chi connectivity index (χ1n) is 8.78. The molecule has 134 valence electrons. The zero-order chi connectivity index (χ0) is 18.0. The van der Waals surface area contributed by atoms with Crippen LogP contribution >= 0.6 is 0 Å². The van der Waals surface area contributed by atoms with E-state index in [-0.39, 0.29) is 16.2 Å². The van der Waals surface area contributed by atoms with Crippen molar-refractivity contribution >= 4 is 8.07 Å². The van der Waals surface area contributed by atoms with Gasteiger partial charge in [-0.05, 0) is 30.6 Å². The van der Waals surface area contributed by atoms with E-state index in [9.17, 15) is 5.11 Å². The summed E-state index contributed by atoms with van der Waals surface area (Å²) in [7, 11) is -1.04. The van der Waals surface area contributed by atoms with Crippen molar-refractivity contribution in [1.82, 2.24) is 0 Å². The van der Waals surface area contributed by atoms with E-state index in [0.717, 1.165) is 12.8 Å². The fourth-order valence-corrected chi connectivity index (χ4v) is 4.42. The number of hydrogen-bond acceptors (Lipinski definition) is 2. The first-order chi connectivity index (χ1) is 9.41. The summed E-state index contributed by atoms with van der Waals surface area (Å²) in [6.07, 6.45) is 1.96. The van der Waals surface area contributed by atoms with Crippen LogP contribution in [0.2, 0.25) is 25.7 Å². The second-order valence-electron chi connectivity index (χ2n) is 10.8. The van der Waals surface area contributed by atoms with Gasteiger partial charge in [0.05, 0.1) is 0 Å². The van der Waals surface area contributed by atoms with Crippen LogP contribution in [0.15, 0.2) is 0 Å². The summed E-state index contributed by atoms with van der Waals surface area (Å²) in [6, 6.07) is 1.24. The average molecular weight is 331 g/mol. The zero-order valence-corrected chi connectivity index (χ0v) is 18.2. The molecule has 0 amide bonds. The fraction of sp³-hybridized carbons (Fsp3) is 1.00. The van der Waals surface area contributed by atoms with E-state index in [0.29, 0.717) is 6.61 Å². The Morgan fingerprint density at radius 1 is 0.864 bits per heavy atom. The number of aliphatic hydroxyl groups is 1. The maximum atomic E-state index is 11.2. The molecule has 0 aromatic heterocycles. The molecular formula is C19H42O2Si. The molecule has 0 aliphatic rings. The van der Waals surface area contributed by atoms with Crippen molar-refractivity contribution in [2.24, 2.45) is 16.2 Å². The molecule has 0 aliphatic heterocycles. The van der Waals surface area contributed by atoms with E-state index in [1.54, 1.807) is 0 Å². The summed E-state index contributed by atoms with van der Waals surface area (Å²) in [5, 5.41) is 11.2. The molecule has 1 N–H and O–H groups in total. The summed E-state index contributed by atoms with van der Waals surface area (Å²) < 4.78 is 6.04. The molecular weight excluding hydrogens is 288 g/mol. The molecule has 0 radical (unpaired) electrons. The highest BCUT2D eigenvalue weighted by Crippen LogP contribution is 2.53. The van der Waals surface area contributed by atoms with Gasteiger partial charge >= 0.3 is 0 Å². The molecule has 0 fully saturated rings. The molecule has 0 saturated carbocycles. The van der Waals surface area contributed by atoms with Gasteiger partial charge in [0.1, 0.15) is 0 Å². The van der Waals surface area contributed by atoms with Crippen LogP contribution in [0, 0.1) is 16.2 Å². The molecule has 3 heteroatoms. The lowest BCUT2D eigenvalue weighted by Gasteiger charge is -2.53. The van der Waals surface area contributed by atoms with Crippen molar-refractivity contribution in [2.45, 2.75) is 99.7 Å². The van der Waals surface area contributed by atoms with E-state index >= 15 is 0 Å². The van der Waals surface area contributed by atoms with Crippen LogP contribution in [0.5, 0.6) is 0 Å². The van der Waals surface area contributed by atoms with Gasteiger partial charge in [-0.1, -0.05) is 74.2 Å². The van der Waals surface area contributed by atoms with Crippen molar-refractivity contribution in [3.05, 3.63) is 0 Å². The summed E-state index contributed by atoms with van der Waals surface area (Å²) in [4.78, 5) is 0. The summed E-state index contributed by atoms with van der Waals surface area (Å²) in [5.74, 6) is -1.11. The monoisotopic (exact) mass is 330 g/mol. The van der Waals surface area contributed by atoms with Crippen LogP contribution in [-0.4, -0.2) is 25.6 Å². The van der Waals surface area contributed by atoms with Crippen molar-refractivity contribution in [1.29, 1.82) is 0 Å². The van der Waals surface area contributed by atoms with Gasteiger partial charge in [-0.3, -0.25) is 0 Å². The molecule has 0 aromatic carbocycles. The van der Waals surface area contributed by atoms with Gasteiger partial charge in [-0.2, -0.15) is 0 Å². The Morgan fingerprint density at radius 2 is 1.32 bits per heavy atom. The lowest BCUT2D eigenvalue weighted by Crippen LogP contribution is -2.55. The summed E-state index contributed by atoms with van der Waals surface area (Å²) >= 11 is 0. The quantitative estimate of drug-likeness (QED) is 0.356. The standard InChI is InChI=1S/C19H42O2Si/c1-16(2,3)15-18(7,17(4,5)6)19(8,20)21-13-12-14-22(9,10)11/h20H,12-15H2,1-11H3. The Bertz CT molecular complexity index is 342. The molecule has 0 bridgehead atoms. The zero-order valence-electron chi connectivity index (χ0n) is 17.2. The normalized spacial score (nSPS) is 19.6. The molecule has 2 atom stereocenters. The first kappa shape index (κ1) is 22.1. The highest BCUT2D eigenvalue weighted by Gasteiger charge is 2.53. The average Bonchev–Trinajstić information content (AvgIpc) is 2.18. The smallest absolute Gasteiger partial charge is 0.168 e. The van der Waals surface area contributed by atoms with Crippen LogP contribution in [0.25, 0.3) is 0 Å². The Balaban J connectivity index is 5.05. The van der Waals surface area contributed by atoms with Crippen LogP contribution in [-0.2, 0) is 4.74 Å². The molecule has 0 aromatic rings. The highest BCUT2D eigenvalue weighted by atomic mass is 28.3. The number of rotatable bonds is 7. The van der Waals surface area contributed by atoms with Crippen molar-refractivity contribution < 1.29 is 9.84 Å². The Hall–Kier alpha value is 0.137. The molecule has 22 heavy (non-hydrogen) atoms. The first-order valence-corrected chi connectivity index (χ1v) is 12.5. The largest absolute Gasteiger partial charge is 0.365 e. The minimum absolute atomic E-state index is 0.0391. The summed E-state index contributed by atoms with van der Waals surface area (Å²) in [6.45, 7) is 25.1. The van der Waals surface area contributed by atoms with Crippen molar-refractivity contribution in [3.63, 3.8) is 0 Å². The molecule has 2 unspecified atom stereocenters. The molecule has 2 nitrogen and oxygen atoms in total. The number of ether oxygens (including phenoxy) is 1. The van der Waals surface area contributed by atoms with E-state index < -0.39 is 13.9 Å². The van der Waals surface area contributed by atoms with Crippen LogP contribution in [0.3, 0.4) is 0 Å². The van der Waals surface area contributed by atoms with Gasteiger partial charge < -0.3 is 9.84 Å². The highest BCUT2D eigenvalue weighted by molar-refractivity contribution is 6.76. The van der Waals surface area contributed by atoms with Gasteiger partial charge in [0, 0.05) is 20.1 Å². The molecule has 0 rings (SSSR count). The maximum absolute atomic E-state index is 11.2. The third kappa shape index (κ3) is 6.72. The van der Waals surface area contributed by atoms with Crippen LogP contribution in [0.4, 0.5) is 0 Å². The van der Waals surface area contributed by atoms with Gasteiger partial charge in [-0.15, -0.1) is 0 Å². The minimum atomic E-state index is -1.11. The van der Waals surface area contributed by atoms with E-state index in [2.05, 4.69) is 68.1 Å². The predicted octanol–water partition coefficient (Wildman–Crippen LogP) is 5.93. The number of hydrogen-bond donors (Lipinski definition) is 1. The molecule has 0 spiro atoms. The lowest BCUT2D eigenvalue weighted by molar-refractivity contribution is -0.290.